The van der Waals surface area contributed by atoms with Gasteiger partial charge in [-0.2, -0.15) is 0 Å². The van der Waals surface area contributed by atoms with Crippen molar-refractivity contribution in [1.29, 1.82) is 0 Å². The van der Waals surface area contributed by atoms with Gasteiger partial charge in [0.1, 0.15) is 5.75 Å². The van der Waals surface area contributed by atoms with Gasteiger partial charge >= 0.3 is 0 Å². The molecule has 1 atom stereocenters. The fraction of sp³-hybridized carbons (Fsp3) is 0.280. The Hall–Kier alpha value is -3.26. The first-order valence-corrected chi connectivity index (χ1v) is 11.8. The zero-order chi connectivity index (χ0) is 22.9. The Kier molecular flexibility index (Phi) is 5.85. The number of halogens is 1. The standard InChI is InChI=1S/C25H24BrN5O2/c1-15-4-3-9-33-23-7-8-27-13-19(23)21-11-17(10-16(2)28-21)24(32)30-25-29-20-6-5-18(26)12-22(20)31(25)14-15/h5-8,10-13,15H,3-4,9,14H2,1-2H3,(H,29,30,32)/t15-/m1/s1. The number of aryl methyl sites for hydroxylation is 1. The lowest BCUT2D eigenvalue weighted by Crippen LogP contribution is -2.18. The first kappa shape index (κ1) is 21.6. The maximum absolute atomic E-state index is 13.3. The van der Waals surface area contributed by atoms with Crippen molar-refractivity contribution in [1.82, 2.24) is 19.5 Å². The van der Waals surface area contributed by atoms with Gasteiger partial charge in [-0.25, -0.2) is 4.98 Å². The molecule has 1 N–H and O–H groups in total. The molecule has 0 aliphatic carbocycles. The highest BCUT2D eigenvalue weighted by atomic mass is 79.9. The summed E-state index contributed by atoms with van der Waals surface area (Å²) in [7, 11) is 0. The lowest BCUT2D eigenvalue weighted by atomic mass is 10.1. The minimum absolute atomic E-state index is 0.230. The molecule has 33 heavy (non-hydrogen) atoms. The molecule has 4 aromatic rings. The van der Waals surface area contributed by atoms with Gasteiger partial charge in [-0.05, 0) is 62.1 Å². The fourth-order valence-corrected chi connectivity index (χ4v) is 4.55. The molecule has 8 heteroatoms. The first-order chi connectivity index (χ1) is 16.0. The van der Waals surface area contributed by atoms with Gasteiger partial charge < -0.3 is 9.30 Å². The molecule has 3 aromatic heterocycles. The summed E-state index contributed by atoms with van der Waals surface area (Å²) in [5.41, 5.74) is 4.51. The summed E-state index contributed by atoms with van der Waals surface area (Å²) in [6.07, 6.45) is 5.33. The number of pyridine rings is 2. The van der Waals surface area contributed by atoms with Gasteiger partial charge in [0.25, 0.3) is 5.91 Å². The van der Waals surface area contributed by atoms with Gasteiger partial charge in [0.15, 0.2) is 0 Å². The largest absolute Gasteiger partial charge is 0.493 e. The maximum Gasteiger partial charge on any atom is 0.258 e. The minimum Gasteiger partial charge on any atom is -0.493 e. The zero-order valence-electron chi connectivity index (χ0n) is 18.5. The van der Waals surface area contributed by atoms with Crippen molar-refractivity contribution in [2.75, 3.05) is 11.9 Å². The molecule has 4 heterocycles. The number of ether oxygens (including phenoxy) is 1. The van der Waals surface area contributed by atoms with Gasteiger partial charge in [-0.15, -0.1) is 0 Å². The number of fused-ring (bicyclic) bond motifs is 7. The number of carbonyl (C=O) groups is 1. The van der Waals surface area contributed by atoms with E-state index in [1.165, 1.54) is 0 Å². The predicted molar refractivity (Wildman–Crippen MR) is 131 cm³/mol. The topological polar surface area (TPSA) is 81.9 Å². The number of hydrogen-bond acceptors (Lipinski definition) is 5. The van der Waals surface area contributed by atoms with Crippen LogP contribution in [0.3, 0.4) is 0 Å². The lowest BCUT2D eigenvalue weighted by molar-refractivity contribution is 0.102. The van der Waals surface area contributed by atoms with E-state index in [-0.39, 0.29) is 5.91 Å². The van der Waals surface area contributed by atoms with Crippen LogP contribution >= 0.6 is 15.9 Å². The van der Waals surface area contributed by atoms with E-state index in [0.717, 1.165) is 51.9 Å². The molecule has 1 aliphatic heterocycles. The van der Waals surface area contributed by atoms with E-state index in [0.29, 0.717) is 29.7 Å². The van der Waals surface area contributed by atoms with E-state index < -0.39 is 0 Å². The number of nitrogens with zero attached hydrogens (tertiary/aromatic N) is 4. The van der Waals surface area contributed by atoms with Gasteiger partial charge in [0, 0.05) is 34.7 Å². The number of amides is 1. The van der Waals surface area contributed by atoms with Crippen LogP contribution in [-0.4, -0.2) is 32.0 Å². The monoisotopic (exact) mass is 505 g/mol. The van der Waals surface area contributed by atoms with Gasteiger partial charge in [-0.3, -0.25) is 20.1 Å². The molecule has 0 unspecified atom stereocenters. The molecule has 0 fully saturated rings. The van der Waals surface area contributed by atoms with Crippen molar-refractivity contribution in [3.63, 3.8) is 0 Å². The molecule has 168 valence electrons. The number of nitrogens with one attached hydrogen (secondary N) is 1. The number of anilines is 1. The predicted octanol–water partition coefficient (Wildman–Crippen LogP) is 5.63. The van der Waals surface area contributed by atoms with Crippen LogP contribution in [0, 0.1) is 12.8 Å². The SMILES string of the molecule is Cc1cc2cc(n1)-c1cnccc1OCCC[C@@H](C)Cn1c(nc3ccc(Br)cc31)NC2=O. The average Bonchev–Trinajstić information content (AvgIpc) is 3.12. The Morgan fingerprint density at radius 3 is 2.94 bits per heavy atom. The number of rotatable bonds is 0. The van der Waals surface area contributed by atoms with Crippen LogP contribution in [0.2, 0.25) is 0 Å². The Morgan fingerprint density at radius 2 is 2.06 bits per heavy atom. The molecule has 5 rings (SSSR count). The summed E-state index contributed by atoms with van der Waals surface area (Å²) in [6.45, 7) is 5.42. The van der Waals surface area contributed by atoms with E-state index >= 15 is 0 Å². The van der Waals surface area contributed by atoms with E-state index in [2.05, 4.69) is 42.7 Å². The molecule has 1 amide bonds. The summed E-state index contributed by atoms with van der Waals surface area (Å²) < 4.78 is 9.18. The van der Waals surface area contributed by atoms with Crippen molar-refractivity contribution in [3.05, 3.63) is 64.5 Å². The molecule has 0 spiro atoms. The third-order valence-corrected chi connectivity index (χ3v) is 6.29. The van der Waals surface area contributed by atoms with Crippen LogP contribution in [0.4, 0.5) is 5.95 Å². The van der Waals surface area contributed by atoms with Crippen LogP contribution < -0.4 is 10.1 Å². The summed E-state index contributed by atoms with van der Waals surface area (Å²) in [6, 6.07) is 11.4. The zero-order valence-corrected chi connectivity index (χ0v) is 20.1. The average molecular weight is 506 g/mol. The summed E-state index contributed by atoms with van der Waals surface area (Å²) >= 11 is 3.56. The van der Waals surface area contributed by atoms with Crippen LogP contribution in [0.25, 0.3) is 22.3 Å². The molecule has 7 nitrogen and oxygen atoms in total. The third-order valence-electron chi connectivity index (χ3n) is 5.80. The summed E-state index contributed by atoms with van der Waals surface area (Å²) in [4.78, 5) is 26.9. The van der Waals surface area contributed by atoms with Crippen LogP contribution in [0.5, 0.6) is 5.75 Å². The quantitative estimate of drug-likeness (QED) is 0.335. The summed E-state index contributed by atoms with van der Waals surface area (Å²) in [5.74, 6) is 1.41. The highest BCUT2D eigenvalue weighted by Crippen LogP contribution is 2.30. The van der Waals surface area contributed by atoms with Crippen LogP contribution in [-0.2, 0) is 6.54 Å². The maximum atomic E-state index is 13.3. The van der Waals surface area contributed by atoms with Gasteiger partial charge in [-0.1, -0.05) is 22.9 Å². The molecule has 0 saturated carbocycles. The van der Waals surface area contributed by atoms with Gasteiger partial charge in [0.05, 0.1) is 28.9 Å². The second-order valence-electron chi connectivity index (χ2n) is 8.48. The first-order valence-electron chi connectivity index (χ1n) is 11.0. The number of benzene rings is 1. The van der Waals surface area contributed by atoms with Crippen molar-refractivity contribution in [2.24, 2.45) is 5.92 Å². The fourth-order valence-electron chi connectivity index (χ4n) is 4.20. The number of carbonyl (C=O) groups excluding carboxylic acids is 1. The normalized spacial score (nSPS) is 16.7. The Labute approximate surface area is 200 Å². The van der Waals surface area contributed by atoms with E-state index in [1.807, 2.05) is 31.2 Å². The van der Waals surface area contributed by atoms with Crippen molar-refractivity contribution in [3.8, 4) is 17.0 Å². The number of imidazole rings is 1. The van der Waals surface area contributed by atoms with E-state index in [4.69, 9.17) is 9.72 Å². The third kappa shape index (κ3) is 4.48. The Balaban J connectivity index is 1.62. The second kappa shape index (κ2) is 8.94. The highest BCUT2D eigenvalue weighted by Gasteiger charge is 2.19. The number of hydrogen-bond donors (Lipinski definition) is 1. The molecule has 0 saturated heterocycles. The molecular formula is C25H24BrN5O2. The van der Waals surface area contributed by atoms with Crippen molar-refractivity contribution in [2.45, 2.75) is 33.2 Å². The molecule has 1 aliphatic rings. The lowest BCUT2D eigenvalue weighted by Gasteiger charge is -2.16. The van der Waals surface area contributed by atoms with Crippen LogP contribution in [0.15, 0.2) is 53.3 Å². The van der Waals surface area contributed by atoms with Crippen molar-refractivity contribution < 1.29 is 9.53 Å². The second-order valence-corrected chi connectivity index (χ2v) is 9.40. The Bertz CT molecular complexity index is 1350. The van der Waals surface area contributed by atoms with Crippen LogP contribution in [0.1, 0.15) is 35.8 Å². The molecular weight excluding hydrogens is 482 g/mol. The van der Waals surface area contributed by atoms with Gasteiger partial charge in [0.2, 0.25) is 5.95 Å². The van der Waals surface area contributed by atoms with E-state index in [1.54, 1.807) is 24.5 Å². The molecule has 0 radical (unpaired) electrons. The highest BCUT2D eigenvalue weighted by molar-refractivity contribution is 9.10. The van der Waals surface area contributed by atoms with Crippen molar-refractivity contribution >= 4 is 38.8 Å². The molecule has 2 bridgehead atoms. The number of aromatic nitrogens is 4. The van der Waals surface area contributed by atoms with E-state index in [9.17, 15) is 4.79 Å². The minimum atomic E-state index is -0.230. The Morgan fingerprint density at radius 1 is 1.18 bits per heavy atom. The molecule has 1 aromatic carbocycles. The summed E-state index contributed by atoms with van der Waals surface area (Å²) in [5, 5.41) is 3.04. The smallest absolute Gasteiger partial charge is 0.258 e.